The van der Waals surface area contributed by atoms with E-state index in [-0.39, 0.29) is 10.6 Å². The lowest BCUT2D eigenvalue weighted by atomic mass is 10.0. The van der Waals surface area contributed by atoms with Crippen LogP contribution in [0.4, 0.5) is 4.39 Å². The van der Waals surface area contributed by atoms with Crippen LogP contribution in [-0.4, -0.2) is 6.61 Å². The van der Waals surface area contributed by atoms with Gasteiger partial charge in [0, 0.05) is 16.5 Å². The van der Waals surface area contributed by atoms with E-state index in [1.807, 2.05) is 12.1 Å². The van der Waals surface area contributed by atoms with Gasteiger partial charge in [-0.3, -0.25) is 0 Å². The number of benzene rings is 2. The molecule has 1 heterocycles. The summed E-state index contributed by atoms with van der Waals surface area (Å²) in [6.07, 6.45) is 0.921. The Hall–Kier alpha value is -0.870. The lowest BCUT2D eigenvalue weighted by molar-refractivity contribution is 0.354. The van der Waals surface area contributed by atoms with Crippen molar-refractivity contribution in [1.29, 1.82) is 0 Å². The van der Waals surface area contributed by atoms with E-state index in [9.17, 15) is 4.39 Å². The maximum atomic E-state index is 13.3. The first-order valence-electron chi connectivity index (χ1n) is 6.00. The minimum Gasteiger partial charge on any atom is -0.493 e. The van der Waals surface area contributed by atoms with Gasteiger partial charge in [-0.1, -0.05) is 44.0 Å². The summed E-state index contributed by atoms with van der Waals surface area (Å²) in [7, 11) is 0. The van der Waals surface area contributed by atoms with Crippen LogP contribution in [0.25, 0.3) is 0 Å². The molecule has 2 aromatic rings. The largest absolute Gasteiger partial charge is 0.493 e. The van der Waals surface area contributed by atoms with Crippen LogP contribution >= 0.6 is 31.9 Å². The molecule has 0 saturated heterocycles. The molecule has 0 aliphatic carbocycles. The van der Waals surface area contributed by atoms with Crippen LogP contribution in [0.2, 0.25) is 0 Å². The topological polar surface area (TPSA) is 9.23 Å². The number of ether oxygens (including phenoxy) is 1. The molecule has 1 atom stereocenters. The second-order valence-corrected chi connectivity index (χ2v) is 6.33. The van der Waals surface area contributed by atoms with E-state index < -0.39 is 0 Å². The molecule has 1 aliphatic rings. The van der Waals surface area contributed by atoms with Crippen LogP contribution in [0, 0.1) is 5.82 Å². The Kier molecular flexibility index (Phi) is 3.63. The Morgan fingerprint density at radius 2 is 2.05 bits per heavy atom. The van der Waals surface area contributed by atoms with Gasteiger partial charge in [0.15, 0.2) is 0 Å². The summed E-state index contributed by atoms with van der Waals surface area (Å²) >= 11 is 7.17. The van der Waals surface area contributed by atoms with Crippen molar-refractivity contribution in [2.45, 2.75) is 11.2 Å². The summed E-state index contributed by atoms with van der Waals surface area (Å²) in [4.78, 5) is -0.0763. The summed E-state index contributed by atoms with van der Waals surface area (Å²) in [5, 5.41) is 0. The van der Waals surface area contributed by atoms with Crippen molar-refractivity contribution in [1.82, 2.24) is 0 Å². The van der Waals surface area contributed by atoms with Gasteiger partial charge in [-0.05, 0) is 35.4 Å². The predicted molar refractivity (Wildman–Crippen MR) is 80.5 cm³/mol. The van der Waals surface area contributed by atoms with Crippen molar-refractivity contribution in [2.24, 2.45) is 0 Å². The SMILES string of the molecule is Fc1cccc(C(Br)c2cc(Br)cc3c2OCC3)c1. The van der Waals surface area contributed by atoms with E-state index in [0.29, 0.717) is 6.61 Å². The van der Waals surface area contributed by atoms with E-state index in [1.54, 1.807) is 12.1 Å². The lowest BCUT2D eigenvalue weighted by Gasteiger charge is -2.15. The fourth-order valence-corrected chi connectivity index (χ4v) is 3.48. The van der Waals surface area contributed by atoms with E-state index >= 15 is 0 Å². The van der Waals surface area contributed by atoms with Crippen molar-refractivity contribution in [2.75, 3.05) is 6.61 Å². The molecule has 0 radical (unpaired) electrons. The number of hydrogen-bond donors (Lipinski definition) is 0. The summed E-state index contributed by atoms with van der Waals surface area (Å²) in [6.45, 7) is 0.710. The highest BCUT2D eigenvalue weighted by atomic mass is 79.9. The quantitative estimate of drug-likeness (QED) is 0.660. The van der Waals surface area contributed by atoms with E-state index in [2.05, 4.69) is 37.9 Å². The third-order valence-corrected chi connectivity index (χ3v) is 4.67. The number of hydrogen-bond acceptors (Lipinski definition) is 1. The van der Waals surface area contributed by atoms with Crippen molar-refractivity contribution in [3.8, 4) is 5.75 Å². The molecule has 0 aromatic heterocycles. The van der Waals surface area contributed by atoms with Crippen LogP contribution in [0.3, 0.4) is 0 Å². The van der Waals surface area contributed by atoms with E-state index in [4.69, 9.17) is 4.74 Å². The molecule has 2 aromatic carbocycles. The fourth-order valence-electron chi connectivity index (χ4n) is 2.33. The lowest BCUT2D eigenvalue weighted by Crippen LogP contribution is -1.97. The Morgan fingerprint density at radius 1 is 1.21 bits per heavy atom. The maximum Gasteiger partial charge on any atom is 0.127 e. The molecular weight excluding hydrogens is 375 g/mol. The van der Waals surface area contributed by atoms with Gasteiger partial charge in [0.05, 0.1) is 11.4 Å². The molecule has 3 rings (SSSR count). The zero-order chi connectivity index (χ0) is 13.4. The molecule has 0 N–H and O–H groups in total. The van der Waals surface area contributed by atoms with Gasteiger partial charge >= 0.3 is 0 Å². The van der Waals surface area contributed by atoms with E-state index in [1.165, 1.54) is 11.6 Å². The first kappa shape index (κ1) is 13.1. The standard InChI is InChI=1S/C15H11Br2FO/c16-11-6-10-4-5-19-15(10)13(8-11)14(17)9-2-1-3-12(18)7-9/h1-3,6-8,14H,4-5H2. The van der Waals surface area contributed by atoms with Crippen molar-refractivity contribution in [3.63, 3.8) is 0 Å². The normalized spacial score (nSPS) is 14.9. The molecule has 0 spiro atoms. The zero-order valence-corrected chi connectivity index (χ0v) is 13.2. The molecule has 4 heteroatoms. The number of rotatable bonds is 2. The van der Waals surface area contributed by atoms with Gasteiger partial charge in [-0.2, -0.15) is 0 Å². The smallest absolute Gasteiger partial charge is 0.127 e. The maximum absolute atomic E-state index is 13.3. The monoisotopic (exact) mass is 384 g/mol. The molecule has 1 nitrogen and oxygen atoms in total. The molecule has 0 amide bonds. The fraction of sp³-hybridized carbons (Fsp3) is 0.200. The zero-order valence-electron chi connectivity index (χ0n) is 10.00. The van der Waals surface area contributed by atoms with Crippen molar-refractivity contribution >= 4 is 31.9 Å². The number of alkyl halides is 1. The Morgan fingerprint density at radius 3 is 2.84 bits per heavy atom. The van der Waals surface area contributed by atoms with Crippen molar-refractivity contribution in [3.05, 3.63) is 63.4 Å². The molecule has 1 unspecified atom stereocenters. The molecule has 1 aliphatic heterocycles. The Labute approximate surface area is 128 Å². The summed E-state index contributed by atoms with van der Waals surface area (Å²) in [5.74, 6) is 0.698. The molecule has 0 saturated carbocycles. The van der Waals surface area contributed by atoms with Crippen LogP contribution in [0.1, 0.15) is 21.5 Å². The third-order valence-electron chi connectivity index (χ3n) is 3.19. The van der Waals surface area contributed by atoms with Crippen LogP contribution in [0.15, 0.2) is 40.9 Å². The van der Waals surface area contributed by atoms with Gasteiger partial charge in [-0.25, -0.2) is 4.39 Å². The van der Waals surface area contributed by atoms with Gasteiger partial charge in [0.2, 0.25) is 0 Å². The van der Waals surface area contributed by atoms with Gasteiger partial charge < -0.3 is 4.74 Å². The second-order valence-electron chi connectivity index (χ2n) is 4.50. The third kappa shape index (κ3) is 2.56. The average molecular weight is 386 g/mol. The second kappa shape index (κ2) is 5.25. The predicted octanol–water partition coefficient (Wildman–Crippen LogP) is 5.01. The first-order chi connectivity index (χ1) is 9.15. The average Bonchev–Trinajstić information content (AvgIpc) is 2.85. The van der Waals surface area contributed by atoms with Gasteiger partial charge in [0.25, 0.3) is 0 Å². The van der Waals surface area contributed by atoms with Crippen LogP contribution in [0.5, 0.6) is 5.75 Å². The van der Waals surface area contributed by atoms with Crippen molar-refractivity contribution < 1.29 is 9.13 Å². The molecule has 0 fully saturated rings. The minimum absolute atomic E-state index is 0.0763. The first-order valence-corrected chi connectivity index (χ1v) is 7.70. The number of halogens is 3. The number of fused-ring (bicyclic) bond motifs is 1. The molecule has 0 bridgehead atoms. The highest BCUT2D eigenvalue weighted by Gasteiger charge is 2.23. The summed E-state index contributed by atoms with van der Waals surface area (Å²) in [6, 6.07) is 10.7. The highest BCUT2D eigenvalue weighted by molar-refractivity contribution is 9.10. The Balaban J connectivity index is 2.07. The molecule has 98 valence electrons. The highest BCUT2D eigenvalue weighted by Crippen LogP contribution is 2.42. The Bertz CT molecular complexity index is 628. The van der Waals surface area contributed by atoms with Gasteiger partial charge in [-0.15, -0.1) is 0 Å². The van der Waals surface area contributed by atoms with E-state index in [0.717, 1.165) is 27.8 Å². The van der Waals surface area contributed by atoms with Crippen LogP contribution in [-0.2, 0) is 6.42 Å². The summed E-state index contributed by atoms with van der Waals surface area (Å²) < 4.78 is 20.1. The van der Waals surface area contributed by atoms with Crippen LogP contribution < -0.4 is 4.74 Å². The molecule has 19 heavy (non-hydrogen) atoms. The minimum atomic E-state index is -0.227. The summed E-state index contributed by atoms with van der Waals surface area (Å²) in [5.41, 5.74) is 3.12. The van der Waals surface area contributed by atoms with Gasteiger partial charge in [0.1, 0.15) is 11.6 Å². The molecular formula is C15H11Br2FO.